The van der Waals surface area contributed by atoms with E-state index >= 15 is 0 Å². The Kier molecular flexibility index (Phi) is 8.47. The predicted octanol–water partition coefficient (Wildman–Crippen LogP) is 3.94. The topological polar surface area (TPSA) is 99.1 Å². The van der Waals surface area contributed by atoms with Crippen LogP contribution in [-0.2, 0) is 36.5 Å². The van der Waals surface area contributed by atoms with Gasteiger partial charge in [-0.15, -0.1) is 0 Å². The van der Waals surface area contributed by atoms with Crippen LogP contribution in [0, 0.1) is 0 Å². The minimum atomic E-state index is -4.17. The zero-order valence-corrected chi connectivity index (χ0v) is 22.3. The van der Waals surface area contributed by atoms with E-state index in [1.807, 2.05) is 37.2 Å². The molecule has 0 radical (unpaired) electrons. The van der Waals surface area contributed by atoms with Crippen LogP contribution >= 0.6 is 0 Å². The van der Waals surface area contributed by atoms with Gasteiger partial charge in [0.15, 0.2) is 0 Å². The fourth-order valence-corrected chi connectivity index (χ4v) is 5.79. The van der Waals surface area contributed by atoms with Crippen molar-refractivity contribution in [2.45, 2.75) is 68.9 Å². The summed E-state index contributed by atoms with van der Waals surface area (Å²) in [5, 5.41) is -1.01. The molecule has 10 heteroatoms. The second-order valence-corrected chi connectivity index (χ2v) is 19.9. The van der Waals surface area contributed by atoms with Gasteiger partial charge in [0, 0.05) is 26.0 Å². The van der Waals surface area contributed by atoms with Crippen LogP contribution in [0.1, 0.15) is 44.1 Å². The van der Waals surface area contributed by atoms with E-state index in [4.69, 9.17) is 9.47 Å². The number of hydrogen-bond acceptors (Lipinski definition) is 6. The highest BCUT2D eigenvalue weighted by atomic mass is 32.2. The summed E-state index contributed by atoms with van der Waals surface area (Å²) in [5.41, 5.74) is 0.768. The van der Waals surface area contributed by atoms with E-state index in [2.05, 4.69) is 19.6 Å². The summed E-state index contributed by atoms with van der Waals surface area (Å²) in [5.74, 6) is 0. The average Bonchev–Trinajstić information content (AvgIpc) is 2.59. The van der Waals surface area contributed by atoms with Crippen molar-refractivity contribution in [3.8, 4) is 0 Å². The summed E-state index contributed by atoms with van der Waals surface area (Å²) in [4.78, 5) is 0. The molecule has 2 unspecified atom stereocenters. The third-order valence-corrected chi connectivity index (χ3v) is 10.2. The molecule has 31 heavy (non-hydrogen) atoms. The molecule has 2 atom stereocenters. The van der Waals surface area contributed by atoms with Crippen LogP contribution in [0.25, 0.3) is 0 Å². The van der Waals surface area contributed by atoms with Crippen molar-refractivity contribution in [3.63, 3.8) is 0 Å². The molecule has 0 aliphatic carbocycles. The van der Waals surface area contributed by atoms with Gasteiger partial charge in [0.1, 0.15) is 22.3 Å². The van der Waals surface area contributed by atoms with Gasteiger partial charge in [0.25, 0.3) is 10.1 Å². The number of ether oxygens (including phenoxy) is 2. The Morgan fingerprint density at radius 3 is 2.19 bits per heavy atom. The Bertz CT molecular complexity index is 829. The van der Waals surface area contributed by atoms with Crippen molar-refractivity contribution in [3.05, 3.63) is 35.4 Å². The SMILES string of the molecule is CC(c1ccc(C2(N(COCC[Si](C)(C)C)[S+]([O-])C(C)(C)C)COC2)cc1)S(=O)(=O)O. The number of rotatable bonds is 10. The van der Waals surface area contributed by atoms with Crippen molar-refractivity contribution < 1.29 is 27.0 Å². The molecule has 0 amide bonds. The molecule has 1 aromatic carbocycles. The summed E-state index contributed by atoms with van der Waals surface area (Å²) in [6.07, 6.45) is 0. The molecule has 7 nitrogen and oxygen atoms in total. The molecule has 2 rings (SSSR count). The third-order valence-electron chi connectivity index (χ3n) is 5.45. The zero-order valence-electron chi connectivity index (χ0n) is 19.7. The minimum Gasteiger partial charge on any atom is -0.597 e. The van der Waals surface area contributed by atoms with Crippen LogP contribution in [-0.4, -0.2) is 61.2 Å². The fourth-order valence-electron chi connectivity index (χ4n) is 3.17. The van der Waals surface area contributed by atoms with Gasteiger partial charge < -0.3 is 14.0 Å². The van der Waals surface area contributed by atoms with Gasteiger partial charge in [-0.1, -0.05) is 48.2 Å². The summed E-state index contributed by atoms with van der Waals surface area (Å²) in [6.45, 7) is 15.7. The second-order valence-electron chi connectivity index (χ2n) is 10.4. The van der Waals surface area contributed by atoms with E-state index < -0.39 is 45.1 Å². The molecule has 1 aliphatic rings. The smallest absolute Gasteiger partial charge is 0.271 e. The highest BCUT2D eigenvalue weighted by Crippen LogP contribution is 2.41. The number of nitrogens with zero attached hydrogens (tertiary/aromatic N) is 1. The van der Waals surface area contributed by atoms with E-state index in [-0.39, 0.29) is 6.73 Å². The van der Waals surface area contributed by atoms with Crippen molar-refractivity contribution >= 4 is 29.6 Å². The standard InChI is InChI=1S/C21H37NO6S2Si/c1-17(30(24,25)26)18-8-10-19(11-9-18)21(14-28-15-21)22(29(23)20(2,3)4)16-27-12-13-31(5,6)7/h8-11,17H,12-16H2,1-7H3,(H,24,25,26). The lowest BCUT2D eigenvalue weighted by atomic mass is 9.87. The molecule has 0 bridgehead atoms. The summed E-state index contributed by atoms with van der Waals surface area (Å²) in [6, 6.07) is 8.06. The minimum absolute atomic E-state index is 0.223. The van der Waals surface area contributed by atoms with Crippen molar-refractivity contribution in [2.24, 2.45) is 0 Å². The lowest BCUT2D eigenvalue weighted by Gasteiger charge is -2.50. The van der Waals surface area contributed by atoms with Crippen LogP contribution in [0.2, 0.25) is 25.7 Å². The van der Waals surface area contributed by atoms with Crippen LogP contribution in [0.15, 0.2) is 24.3 Å². The third kappa shape index (κ3) is 6.77. The van der Waals surface area contributed by atoms with E-state index in [0.717, 1.165) is 11.6 Å². The lowest BCUT2D eigenvalue weighted by molar-refractivity contribution is -0.139. The average molecular weight is 492 g/mol. The van der Waals surface area contributed by atoms with Gasteiger partial charge in [0.2, 0.25) is 0 Å². The van der Waals surface area contributed by atoms with Crippen LogP contribution in [0.3, 0.4) is 0 Å². The molecular weight excluding hydrogens is 454 g/mol. The van der Waals surface area contributed by atoms with Gasteiger partial charge in [-0.05, 0) is 44.9 Å². The Labute approximate surface area is 191 Å². The van der Waals surface area contributed by atoms with Crippen molar-refractivity contribution in [1.82, 2.24) is 4.31 Å². The number of benzene rings is 1. The lowest BCUT2D eigenvalue weighted by Crippen LogP contribution is -2.64. The first-order chi connectivity index (χ1) is 14.1. The molecule has 1 N–H and O–H groups in total. The monoisotopic (exact) mass is 491 g/mol. The maximum absolute atomic E-state index is 13.5. The van der Waals surface area contributed by atoms with Gasteiger partial charge >= 0.3 is 0 Å². The molecule has 1 aliphatic heterocycles. The second kappa shape index (κ2) is 9.80. The van der Waals surface area contributed by atoms with E-state index in [1.165, 1.54) is 6.92 Å². The van der Waals surface area contributed by atoms with Crippen LogP contribution < -0.4 is 0 Å². The van der Waals surface area contributed by atoms with Gasteiger partial charge in [0.05, 0.1) is 13.2 Å². The molecule has 0 spiro atoms. The first kappa shape index (κ1) is 26.8. The van der Waals surface area contributed by atoms with Gasteiger partial charge in [-0.2, -0.15) is 8.42 Å². The molecule has 1 aromatic rings. The molecule has 1 fully saturated rings. The van der Waals surface area contributed by atoms with Gasteiger partial charge in [-0.25, -0.2) is 0 Å². The summed E-state index contributed by atoms with van der Waals surface area (Å²) in [7, 11) is -5.42. The van der Waals surface area contributed by atoms with Crippen molar-refractivity contribution in [2.75, 3.05) is 26.6 Å². The predicted molar refractivity (Wildman–Crippen MR) is 128 cm³/mol. The highest BCUT2D eigenvalue weighted by molar-refractivity contribution is 7.90. The maximum Gasteiger partial charge on any atom is 0.271 e. The summed E-state index contributed by atoms with van der Waals surface area (Å²) < 4.78 is 58.7. The Morgan fingerprint density at radius 1 is 1.26 bits per heavy atom. The Balaban J connectivity index is 2.31. The molecule has 0 saturated carbocycles. The van der Waals surface area contributed by atoms with E-state index in [1.54, 1.807) is 12.1 Å². The molecule has 1 heterocycles. The van der Waals surface area contributed by atoms with Crippen LogP contribution in [0.4, 0.5) is 0 Å². The summed E-state index contributed by atoms with van der Waals surface area (Å²) >= 11 is -1.34. The van der Waals surface area contributed by atoms with E-state index in [9.17, 15) is 17.5 Å². The fraction of sp³-hybridized carbons (Fsp3) is 0.714. The maximum atomic E-state index is 13.5. The van der Waals surface area contributed by atoms with Crippen molar-refractivity contribution in [1.29, 1.82) is 0 Å². The largest absolute Gasteiger partial charge is 0.597 e. The first-order valence-electron chi connectivity index (χ1n) is 10.5. The number of hydrogen-bond donors (Lipinski definition) is 1. The quantitative estimate of drug-likeness (QED) is 0.174. The Hall–Kier alpha value is -0.463. The normalized spacial score (nSPS) is 19.2. The molecular formula is C21H37NO6S2Si. The highest BCUT2D eigenvalue weighted by Gasteiger charge is 2.54. The van der Waals surface area contributed by atoms with E-state index in [0.29, 0.717) is 25.4 Å². The molecule has 1 saturated heterocycles. The first-order valence-corrected chi connectivity index (χ1v) is 16.8. The van der Waals surface area contributed by atoms with Gasteiger partial charge in [-0.3, -0.25) is 4.55 Å². The molecule has 178 valence electrons. The van der Waals surface area contributed by atoms with Crippen LogP contribution in [0.5, 0.6) is 0 Å². The zero-order chi connectivity index (χ0) is 23.7. The molecule has 0 aromatic heterocycles. The Morgan fingerprint density at radius 2 is 1.81 bits per heavy atom.